The number of hydrogen-bond acceptors (Lipinski definition) is 4. The van der Waals surface area contributed by atoms with Gasteiger partial charge in [-0.1, -0.05) is 0 Å². The van der Waals surface area contributed by atoms with Crippen molar-refractivity contribution < 1.29 is 14.1 Å². The molecule has 0 atom stereocenters. The Hall–Kier alpha value is -2.94. The number of non-ortho nitro benzene ring substituents is 1. The van der Waals surface area contributed by atoms with Crippen LogP contribution in [0.25, 0.3) is 0 Å². The first-order valence-electron chi connectivity index (χ1n) is 5.22. The predicted octanol–water partition coefficient (Wildman–Crippen LogP) is 3.40. The molecule has 0 unspecified atom stereocenters. The zero-order chi connectivity index (χ0) is 13.8. The van der Waals surface area contributed by atoms with Gasteiger partial charge in [0.05, 0.1) is 4.92 Å². The molecular weight excluding hydrogens is 251 g/mol. The van der Waals surface area contributed by atoms with Gasteiger partial charge in [-0.2, -0.15) is 5.26 Å². The highest BCUT2D eigenvalue weighted by Gasteiger charge is 2.12. The molecule has 2 aromatic carbocycles. The maximum absolute atomic E-state index is 12.7. The van der Waals surface area contributed by atoms with Crippen molar-refractivity contribution in [1.82, 2.24) is 0 Å². The topological polar surface area (TPSA) is 76.2 Å². The Kier molecular flexibility index (Phi) is 3.39. The Labute approximate surface area is 107 Å². The molecule has 0 amide bonds. The number of nitriles is 1. The van der Waals surface area contributed by atoms with Crippen molar-refractivity contribution in [3.8, 4) is 17.6 Å². The van der Waals surface area contributed by atoms with Gasteiger partial charge in [-0.05, 0) is 30.3 Å². The molecule has 0 N–H and O–H groups in total. The lowest BCUT2D eigenvalue weighted by atomic mass is 10.2. The molecule has 0 saturated heterocycles. The third-order valence-electron chi connectivity index (χ3n) is 2.34. The van der Waals surface area contributed by atoms with E-state index in [1.54, 1.807) is 0 Å². The van der Waals surface area contributed by atoms with Gasteiger partial charge in [-0.15, -0.1) is 0 Å². The molecule has 2 aromatic rings. The van der Waals surface area contributed by atoms with Crippen molar-refractivity contribution in [1.29, 1.82) is 5.26 Å². The maximum atomic E-state index is 12.7. The summed E-state index contributed by atoms with van der Waals surface area (Å²) in [5.74, 6) is 0.114. The van der Waals surface area contributed by atoms with Crippen LogP contribution in [0, 0.1) is 27.3 Å². The summed E-state index contributed by atoms with van der Waals surface area (Å²) in [5.41, 5.74) is -0.151. The van der Waals surface area contributed by atoms with E-state index in [1.165, 1.54) is 36.4 Å². The lowest BCUT2D eigenvalue weighted by Crippen LogP contribution is -1.92. The fourth-order valence-electron chi connectivity index (χ4n) is 1.44. The monoisotopic (exact) mass is 258 g/mol. The predicted molar refractivity (Wildman–Crippen MR) is 64.3 cm³/mol. The minimum absolute atomic E-state index is 0.0403. The molecule has 0 fully saturated rings. The first-order chi connectivity index (χ1) is 9.10. The molecule has 5 nitrogen and oxygen atoms in total. The number of hydrogen-bond donors (Lipinski definition) is 0. The fourth-order valence-corrected chi connectivity index (χ4v) is 1.44. The van der Waals surface area contributed by atoms with Crippen molar-refractivity contribution in [3.63, 3.8) is 0 Å². The maximum Gasteiger partial charge on any atom is 0.271 e. The summed E-state index contributed by atoms with van der Waals surface area (Å²) in [5, 5.41) is 19.5. The van der Waals surface area contributed by atoms with Crippen LogP contribution in [-0.2, 0) is 0 Å². The number of nitro groups is 1. The first-order valence-corrected chi connectivity index (χ1v) is 5.22. The van der Waals surface area contributed by atoms with Gasteiger partial charge >= 0.3 is 0 Å². The SMILES string of the molecule is N#Cc1cc([N+](=O)[O-])ccc1Oc1ccc(F)cc1. The molecule has 0 radical (unpaired) electrons. The van der Waals surface area contributed by atoms with Gasteiger partial charge in [0.25, 0.3) is 5.69 Å². The van der Waals surface area contributed by atoms with E-state index >= 15 is 0 Å². The molecule has 2 rings (SSSR count). The summed E-state index contributed by atoms with van der Waals surface area (Å²) in [6, 6.07) is 10.7. The Morgan fingerprint density at radius 2 is 1.89 bits per heavy atom. The van der Waals surface area contributed by atoms with Gasteiger partial charge in [0, 0.05) is 12.1 Å². The number of rotatable bonds is 3. The van der Waals surface area contributed by atoms with Gasteiger partial charge in [0.2, 0.25) is 0 Å². The van der Waals surface area contributed by atoms with E-state index in [-0.39, 0.29) is 17.0 Å². The van der Waals surface area contributed by atoms with Crippen molar-refractivity contribution >= 4 is 5.69 Å². The number of ether oxygens (including phenoxy) is 1. The van der Waals surface area contributed by atoms with Crippen molar-refractivity contribution in [2.24, 2.45) is 0 Å². The minimum atomic E-state index is -0.595. The second-order valence-electron chi connectivity index (χ2n) is 3.61. The van der Waals surface area contributed by atoms with E-state index in [1.807, 2.05) is 6.07 Å². The van der Waals surface area contributed by atoms with Crippen LogP contribution in [-0.4, -0.2) is 4.92 Å². The quantitative estimate of drug-likeness (QED) is 0.624. The average molecular weight is 258 g/mol. The third-order valence-corrected chi connectivity index (χ3v) is 2.34. The molecule has 0 saturated carbocycles. The summed E-state index contributed by atoms with van der Waals surface area (Å²) in [4.78, 5) is 10.00. The van der Waals surface area contributed by atoms with E-state index in [0.29, 0.717) is 5.75 Å². The third kappa shape index (κ3) is 2.84. The molecule has 0 aliphatic rings. The largest absolute Gasteiger partial charge is 0.456 e. The van der Waals surface area contributed by atoms with Gasteiger partial charge in [-0.25, -0.2) is 4.39 Å². The van der Waals surface area contributed by atoms with Crippen LogP contribution in [0.5, 0.6) is 11.5 Å². The second-order valence-corrected chi connectivity index (χ2v) is 3.61. The molecule has 0 aliphatic carbocycles. The molecule has 0 aliphatic heterocycles. The highest BCUT2D eigenvalue weighted by atomic mass is 19.1. The lowest BCUT2D eigenvalue weighted by molar-refractivity contribution is -0.384. The molecule has 6 heteroatoms. The smallest absolute Gasteiger partial charge is 0.271 e. The average Bonchev–Trinajstić information content (AvgIpc) is 2.41. The minimum Gasteiger partial charge on any atom is -0.456 e. The molecule has 0 aromatic heterocycles. The molecule has 0 heterocycles. The van der Waals surface area contributed by atoms with Gasteiger partial charge in [-0.3, -0.25) is 10.1 Å². The Balaban J connectivity index is 2.33. The van der Waals surface area contributed by atoms with E-state index in [9.17, 15) is 14.5 Å². The standard InChI is InChI=1S/C13H7FN2O3/c14-10-1-4-12(5-2-10)19-13-6-3-11(16(17)18)7-9(13)8-15/h1-7H. The van der Waals surface area contributed by atoms with Crippen LogP contribution >= 0.6 is 0 Å². The Morgan fingerprint density at radius 3 is 2.47 bits per heavy atom. The summed E-state index contributed by atoms with van der Waals surface area (Å²) in [6.07, 6.45) is 0. The van der Waals surface area contributed by atoms with Crippen molar-refractivity contribution in [3.05, 3.63) is 64.0 Å². The summed E-state index contributed by atoms with van der Waals surface area (Å²) < 4.78 is 18.1. The van der Waals surface area contributed by atoms with Crippen molar-refractivity contribution in [2.45, 2.75) is 0 Å². The summed E-state index contributed by atoms with van der Waals surface area (Å²) >= 11 is 0. The zero-order valence-corrected chi connectivity index (χ0v) is 9.54. The Morgan fingerprint density at radius 1 is 1.21 bits per heavy atom. The highest BCUT2D eigenvalue weighted by molar-refractivity contribution is 5.51. The molecular formula is C13H7FN2O3. The molecule has 94 valence electrons. The fraction of sp³-hybridized carbons (Fsp3) is 0. The zero-order valence-electron chi connectivity index (χ0n) is 9.54. The van der Waals surface area contributed by atoms with E-state index in [4.69, 9.17) is 10.00 Å². The number of nitrogens with zero attached hydrogens (tertiary/aromatic N) is 2. The summed E-state index contributed by atoms with van der Waals surface area (Å²) in [6.45, 7) is 0. The van der Waals surface area contributed by atoms with Crippen LogP contribution in [0.1, 0.15) is 5.56 Å². The van der Waals surface area contributed by atoms with Crippen molar-refractivity contribution in [2.75, 3.05) is 0 Å². The van der Waals surface area contributed by atoms with Crippen LogP contribution < -0.4 is 4.74 Å². The molecule has 0 spiro atoms. The summed E-state index contributed by atoms with van der Waals surface area (Å²) in [7, 11) is 0. The number of nitro benzene ring substituents is 1. The van der Waals surface area contributed by atoms with E-state index in [0.717, 1.165) is 6.07 Å². The lowest BCUT2D eigenvalue weighted by Gasteiger charge is -2.06. The second kappa shape index (κ2) is 5.14. The molecule has 0 bridgehead atoms. The van der Waals surface area contributed by atoms with Crippen LogP contribution in [0.3, 0.4) is 0 Å². The van der Waals surface area contributed by atoms with Crippen LogP contribution in [0.4, 0.5) is 10.1 Å². The van der Waals surface area contributed by atoms with E-state index in [2.05, 4.69) is 0 Å². The number of benzene rings is 2. The highest BCUT2D eigenvalue weighted by Crippen LogP contribution is 2.28. The van der Waals surface area contributed by atoms with Gasteiger partial charge < -0.3 is 4.74 Å². The van der Waals surface area contributed by atoms with E-state index < -0.39 is 10.7 Å². The number of halogens is 1. The van der Waals surface area contributed by atoms with Gasteiger partial charge in [0.1, 0.15) is 28.9 Å². The van der Waals surface area contributed by atoms with Gasteiger partial charge in [0.15, 0.2) is 0 Å². The molecule has 19 heavy (non-hydrogen) atoms. The first kappa shape index (κ1) is 12.5. The van der Waals surface area contributed by atoms with Crippen LogP contribution in [0.2, 0.25) is 0 Å². The normalized spacial score (nSPS) is 9.68. The Bertz CT molecular complexity index is 663. The van der Waals surface area contributed by atoms with Crippen LogP contribution in [0.15, 0.2) is 42.5 Å².